The highest BCUT2D eigenvalue weighted by molar-refractivity contribution is 5.81. The molecule has 0 aromatic rings. The zero-order chi connectivity index (χ0) is 19.4. The third-order valence-electron chi connectivity index (χ3n) is 6.23. The van der Waals surface area contributed by atoms with Gasteiger partial charge in [0.1, 0.15) is 5.60 Å². The minimum absolute atomic E-state index is 0.0193. The van der Waals surface area contributed by atoms with Crippen LogP contribution in [0, 0.1) is 0 Å². The van der Waals surface area contributed by atoms with Gasteiger partial charge in [-0.2, -0.15) is 0 Å². The highest BCUT2D eigenvalue weighted by Crippen LogP contribution is 2.33. The lowest BCUT2D eigenvalue weighted by Crippen LogP contribution is -2.52. The quantitative estimate of drug-likeness (QED) is 0.707. The number of nitrogens with zero attached hydrogens (tertiary/aromatic N) is 4. The second kappa shape index (κ2) is 8.75. The second-order valence-electron chi connectivity index (χ2n) is 8.22. The van der Waals surface area contributed by atoms with Crippen LogP contribution in [0.2, 0.25) is 0 Å². The molecule has 3 saturated heterocycles. The van der Waals surface area contributed by atoms with Crippen LogP contribution in [0.3, 0.4) is 0 Å². The van der Waals surface area contributed by atoms with Gasteiger partial charge in [-0.1, -0.05) is 6.92 Å². The number of carbonyl (C=O) groups excluding carboxylic acids is 2. The van der Waals surface area contributed by atoms with E-state index in [1.54, 1.807) is 11.8 Å². The Balaban J connectivity index is 1.40. The molecule has 1 unspecified atom stereocenters. The minimum Gasteiger partial charge on any atom is -0.441 e. The van der Waals surface area contributed by atoms with Crippen LogP contribution in [0.4, 0.5) is 4.79 Å². The van der Waals surface area contributed by atoms with Crippen molar-refractivity contribution < 1.29 is 14.3 Å². The first-order chi connectivity index (χ1) is 12.9. The zero-order valence-corrected chi connectivity index (χ0v) is 16.9. The topological polar surface area (TPSA) is 82.3 Å². The van der Waals surface area contributed by atoms with Crippen molar-refractivity contribution in [1.29, 1.82) is 0 Å². The SMILES string of the molecule is CCN1CCN(CCCN2CC3(CCN(C(=O)C(C)N)CC3)OC2=O)CC1. The molecule has 1 spiro atoms. The number of likely N-dealkylation sites (N-methyl/N-ethyl adjacent to an activating group) is 1. The maximum Gasteiger partial charge on any atom is 0.410 e. The number of likely N-dealkylation sites (tertiary alicyclic amines) is 1. The van der Waals surface area contributed by atoms with Crippen LogP contribution in [0.1, 0.15) is 33.1 Å². The standard InChI is InChI=1S/C19H35N5O3/c1-3-21-11-13-22(14-12-21)7-4-8-24-15-19(27-18(24)26)5-9-23(10-6-19)17(25)16(2)20/h16H,3-15,20H2,1-2H3. The maximum atomic E-state index is 12.3. The Kier molecular flexibility index (Phi) is 6.60. The first kappa shape index (κ1) is 20.4. The van der Waals surface area contributed by atoms with Gasteiger partial charge in [-0.15, -0.1) is 0 Å². The lowest BCUT2D eigenvalue weighted by Gasteiger charge is -2.38. The number of hydrogen-bond acceptors (Lipinski definition) is 6. The molecule has 0 saturated carbocycles. The Bertz CT molecular complexity index is 525. The van der Waals surface area contributed by atoms with Gasteiger partial charge >= 0.3 is 6.09 Å². The largest absolute Gasteiger partial charge is 0.441 e. The smallest absolute Gasteiger partial charge is 0.410 e. The van der Waals surface area contributed by atoms with Crippen molar-refractivity contribution in [2.75, 3.05) is 65.4 Å². The number of rotatable bonds is 6. The van der Waals surface area contributed by atoms with Crippen LogP contribution >= 0.6 is 0 Å². The summed E-state index contributed by atoms with van der Waals surface area (Å²) >= 11 is 0. The molecule has 0 aromatic heterocycles. The van der Waals surface area contributed by atoms with Gasteiger partial charge < -0.3 is 30.1 Å². The van der Waals surface area contributed by atoms with Gasteiger partial charge in [0.25, 0.3) is 0 Å². The fraction of sp³-hybridized carbons (Fsp3) is 0.895. The Morgan fingerprint density at radius 1 is 1.11 bits per heavy atom. The molecule has 0 aliphatic carbocycles. The summed E-state index contributed by atoms with van der Waals surface area (Å²) in [5.41, 5.74) is 5.28. The number of carbonyl (C=O) groups is 2. The van der Waals surface area contributed by atoms with Gasteiger partial charge in [-0.3, -0.25) is 4.79 Å². The van der Waals surface area contributed by atoms with Crippen molar-refractivity contribution in [3.8, 4) is 0 Å². The van der Waals surface area contributed by atoms with Crippen LogP contribution < -0.4 is 5.73 Å². The fourth-order valence-corrected chi connectivity index (χ4v) is 4.36. The van der Waals surface area contributed by atoms with E-state index in [-0.39, 0.29) is 12.0 Å². The van der Waals surface area contributed by atoms with E-state index in [4.69, 9.17) is 10.5 Å². The number of hydrogen-bond donors (Lipinski definition) is 1. The van der Waals surface area contributed by atoms with Crippen molar-refractivity contribution in [3.63, 3.8) is 0 Å². The predicted octanol–water partition coefficient (Wildman–Crippen LogP) is 0.175. The lowest BCUT2D eigenvalue weighted by atomic mass is 9.91. The third-order valence-corrected chi connectivity index (χ3v) is 6.23. The predicted molar refractivity (Wildman–Crippen MR) is 103 cm³/mol. The summed E-state index contributed by atoms with van der Waals surface area (Å²) in [7, 11) is 0. The Morgan fingerprint density at radius 2 is 1.74 bits per heavy atom. The molecule has 0 bridgehead atoms. The van der Waals surface area contributed by atoms with E-state index in [1.165, 1.54) is 0 Å². The van der Waals surface area contributed by atoms with Crippen LogP contribution in [-0.2, 0) is 9.53 Å². The van der Waals surface area contributed by atoms with Crippen molar-refractivity contribution >= 4 is 12.0 Å². The first-order valence-corrected chi connectivity index (χ1v) is 10.4. The summed E-state index contributed by atoms with van der Waals surface area (Å²) < 4.78 is 5.76. The van der Waals surface area contributed by atoms with E-state index in [9.17, 15) is 9.59 Å². The molecule has 8 heteroatoms. The number of piperidine rings is 1. The third kappa shape index (κ3) is 4.92. The molecule has 0 radical (unpaired) electrons. The molecule has 3 heterocycles. The molecular formula is C19H35N5O3. The Morgan fingerprint density at radius 3 is 2.33 bits per heavy atom. The summed E-state index contributed by atoms with van der Waals surface area (Å²) in [6.07, 6.45) is 2.18. The summed E-state index contributed by atoms with van der Waals surface area (Å²) in [5.74, 6) is -0.0193. The molecule has 2 amide bonds. The Hall–Kier alpha value is -1.38. The summed E-state index contributed by atoms with van der Waals surface area (Å²) in [5, 5.41) is 0. The first-order valence-electron chi connectivity index (χ1n) is 10.4. The molecular weight excluding hydrogens is 346 g/mol. The van der Waals surface area contributed by atoms with Crippen LogP contribution in [0.15, 0.2) is 0 Å². The molecule has 3 rings (SSSR count). The van der Waals surface area contributed by atoms with Gasteiger partial charge in [0, 0.05) is 58.7 Å². The van der Waals surface area contributed by atoms with E-state index >= 15 is 0 Å². The maximum absolute atomic E-state index is 12.3. The van der Waals surface area contributed by atoms with Gasteiger partial charge in [-0.25, -0.2) is 4.79 Å². The summed E-state index contributed by atoms with van der Waals surface area (Å²) in [6, 6.07) is -0.471. The number of ether oxygens (including phenoxy) is 1. The molecule has 0 aromatic carbocycles. The minimum atomic E-state index is -0.471. The Labute approximate surface area is 162 Å². The molecule has 154 valence electrons. The van der Waals surface area contributed by atoms with Crippen LogP contribution in [0.25, 0.3) is 0 Å². The molecule has 27 heavy (non-hydrogen) atoms. The van der Waals surface area contributed by atoms with E-state index in [1.807, 2.05) is 4.90 Å². The van der Waals surface area contributed by atoms with E-state index in [0.717, 1.165) is 52.2 Å². The van der Waals surface area contributed by atoms with Crippen molar-refractivity contribution in [1.82, 2.24) is 19.6 Å². The average Bonchev–Trinajstić information content (AvgIpc) is 2.97. The van der Waals surface area contributed by atoms with Crippen molar-refractivity contribution in [2.45, 2.75) is 44.8 Å². The van der Waals surface area contributed by atoms with E-state index in [0.29, 0.717) is 32.5 Å². The highest BCUT2D eigenvalue weighted by Gasteiger charge is 2.47. The number of amides is 2. The van der Waals surface area contributed by atoms with Gasteiger partial charge in [-0.05, 0) is 26.4 Å². The summed E-state index contributed by atoms with van der Waals surface area (Å²) in [6.45, 7) is 13.2. The van der Waals surface area contributed by atoms with E-state index in [2.05, 4.69) is 16.7 Å². The molecule has 3 aliphatic rings. The molecule has 8 nitrogen and oxygen atoms in total. The lowest BCUT2D eigenvalue weighted by molar-refractivity contribution is -0.135. The normalized spacial score (nSPS) is 25.1. The van der Waals surface area contributed by atoms with Gasteiger partial charge in [0.2, 0.25) is 5.91 Å². The number of piperazine rings is 1. The molecule has 1 atom stereocenters. The van der Waals surface area contributed by atoms with Crippen LogP contribution in [0.5, 0.6) is 0 Å². The van der Waals surface area contributed by atoms with Crippen LogP contribution in [-0.4, -0.2) is 109 Å². The molecule has 3 aliphatic heterocycles. The highest BCUT2D eigenvalue weighted by atomic mass is 16.6. The summed E-state index contributed by atoms with van der Waals surface area (Å²) in [4.78, 5) is 33.0. The van der Waals surface area contributed by atoms with Gasteiger partial charge in [0.05, 0.1) is 12.6 Å². The van der Waals surface area contributed by atoms with E-state index < -0.39 is 11.6 Å². The molecule has 2 N–H and O–H groups in total. The zero-order valence-electron chi connectivity index (χ0n) is 16.9. The fourth-order valence-electron chi connectivity index (χ4n) is 4.36. The second-order valence-corrected chi connectivity index (χ2v) is 8.22. The van der Waals surface area contributed by atoms with Crippen molar-refractivity contribution in [2.24, 2.45) is 5.73 Å². The molecule has 3 fully saturated rings. The monoisotopic (exact) mass is 381 g/mol. The average molecular weight is 382 g/mol. The van der Waals surface area contributed by atoms with Crippen molar-refractivity contribution in [3.05, 3.63) is 0 Å². The number of nitrogens with two attached hydrogens (primary N) is 1. The van der Waals surface area contributed by atoms with Gasteiger partial charge in [0.15, 0.2) is 0 Å².